The van der Waals surface area contributed by atoms with E-state index in [1.54, 1.807) is 16.9 Å². The number of aromatic nitrogens is 2. The van der Waals surface area contributed by atoms with E-state index in [-0.39, 0.29) is 5.52 Å². The Morgan fingerprint density at radius 3 is 2.76 bits per heavy atom. The number of rotatable bonds is 5. The van der Waals surface area contributed by atoms with Gasteiger partial charge in [-0.2, -0.15) is 0 Å². The number of alkyl halides is 1. The van der Waals surface area contributed by atoms with E-state index in [0.717, 1.165) is 11.8 Å². The van der Waals surface area contributed by atoms with Gasteiger partial charge in [0.05, 0.1) is 11.8 Å². The number of hydrogen-bond acceptors (Lipinski definition) is 2. The van der Waals surface area contributed by atoms with Gasteiger partial charge in [0.25, 0.3) is 0 Å². The minimum Gasteiger partial charge on any atom is -0.469 e. The molecule has 0 amide bonds. The molecule has 0 N–H and O–H groups in total. The molecule has 0 saturated carbocycles. The number of fused-ring (bicyclic) bond motifs is 1. The Labute approximate surface area is 125 Å². The van der Waals surface area contributed by atoms with E-state index in [0.29, 0.717) is 36.6 Å². The Hall–Kier alpha value is -1.88. The molecule has 0 saturated heterocycles. The van der Waals surface area contributed by atoms with E-state index < -0.39 is 11.6 Å². The first-order chi connectivity index (χ1) is 10.2. The van der Waals surface area contributed by atoms with Crippen molar-refractivity contribution < 1.29 is 13.2 Å². The second-order valence-electron chi connectivity index (χ2n) is 4.68. The largest absolute Gasteiger partial charge is 0.469 e. The summed E-state index contributed by atoms with van der Waals surface area (Å²) < 4.78 is 34.5. The van der Waals surface area contributed by atoms with Crippen LogP contribution < -0.4 is 0 Å². The van der Waals surface area contributed by atoms with Crippen molar-refractivity contribution in [3.05, 3.63) is 53.7 Å². The van der Waals surface area contributed by atoms with Gasteiger partial charge in [0.15, 0.2) is 11.6 Å². The Balaban J connectivity index is 2.04. The molecule has 0 radical (unpaired) electrons. The van der Waals surface area contributed by atoms with Gasteiger partial charge in [-0.05, 0) is 24.3 Å². The molecule has 21 heavy (non-hydrogen) atoms. The average Bonchev–Trinajstić information content (AvgIpc) is 3.09. The van der Waals surface area contributed by atoms with Gasteiger partial charge in [0.1, 0.15) is 17.1 Å². The van der Waals surface area contributed by atoms with E-state index in [2.05, 4.69) is 4.98 Å². The van der Waals surface area contributed by atoms with Gasteiger partial charge in [-0.1, -0.05) is 0 Å². The van der Waals surface area contributed by atoms with Crippen LogP contribution in [-0.2, 0) is 19.4 Å². The summed E-state index contributed by atoms with van der Waals surface area (Å²) in [5, 5.41) is 0. The van der Waals surface area contributed by atoms with Crippen molar-refractivity contribution >= 4 is 22.6 Å². The molecule has 0 fully saturated rings. The molecule has 3 rings (SSSR count). The molecule has 0 bridgehead atoms. The number of furan rings is 1. The van der Waals surface area contributed by atoms with Crippen molar-refractivity contribution in [1.29, 1.82) is 0 Å². The van der Waals surface area contributed by atoms with Gasteiger partial charge in [0, 0.05) is 25.3 Å². The Morgan fingerprint density at radius 1 is 1.19 bits per heavy atom. The SMILES string of the molecule is Fc1ccc2nc(CCCl)n(CCc3ccco3)c2c1F. The van der Waals surface area contributed by atoms with Crippen LogP contribution in [0.5, 0.6) is 0 Å². The zero-order chi connectivity index (χ0) is 14.8. The third kappa shape index (κ3) is 2.65. The van der Waals surface area contributed by atoms with Crippen molar-refractivity contribution in [3.8, 4) is 0 Å². The van der Waals surface area contributed by atoms with Gasteiger partial charge in [-0.3, -0.25) is 0 Å². The van der Waals surface area contributed by atoms with Crippen molar-refractivity contribution in [1.82, 2.24) is 9.55 Å². The molecule has 2 heterocycles. The van der Waals surface area contributed by atoms with E-state index in [1.807, 2.05) is 6.07 Å². The van der Waals surface area contributed by atoms with E-state index in [4.69, 9.17) is 16.0 Å². The molecule has 0 unspecified atom stereocenters. The third-order valence-electron chi connectivity index (χ3n) is 3.36. The summed E-state index contributed by atoms with van der Waals surface area (Å²) >= 11 is 5.77. The number of nitrogens with zero attached hydrogens (tertiary/aromatic N) is 2. The summed E-state index contributed by atoms with van der Waals surface area (Å²) in [6.45, 7) is 0.455. The molecule has 1 aromatic carbocycles. The molecule has 110 valence electrons. The first-order valence-corrected chi connectivity index (χ1v) is 7.15. The maximum Gasteiger partial charge on any atom is 0.184 e. The lowest BCUT2D eigenvalue weighted by Crippen LogP contribution is -2.08. The minimum atomic E-state index is -0.876. The van der Waals surface area contributed by atoms with E-state index in [1.165, 1.54) is 6.07 Å². The van der Waals surface area contributed by atoms with Gasteiger partial charge in [0.2, 0.25) is 0 Å². The number of aryl methyl sites for hydroxylation is 3. The predicted octanol–water partition coefficient (Wildman–Crippen LogP) is 3.93. The normalized spacial score (nSPS) is 11.4. The minimum absolute atomic E-state index is 0.182. The number of hydrogen-bond donors (Lipinski definition) is 0. The summed E-state index contributed by atoms with van der Waals surface area (Å²) in [4.78, 5) is 4.35. The Morgan fingerprint density at radius 2 is 2.05 bits per heavy atom. The number of imidazole rings is 1. The molecule has 6 heteroatoms. The lowest BCUT2D eigenvalue weighted by atomic mass is 10.2. The predicted molar refractivity (Wildman–Crippen MR) is 76.5 cm³/mol. The van der Waals surface area contributed by atoms with Gasteiger partial charge < -0.3 is 8.98 Å². The van der Waals surface area contributed by atoms with Gasteiger partial charge in [-0.25, -0.2) is 13.8 Å². The molecule has 0 aliphatic heterocycles. The first kappa shape index (κ1) is 14.1. The fourth-order valence-corrected chi connectivity index (χ4v) is 2.57. The summed E-state index contributed by atoms with van der Waals surface area (Å²) in [7, 11) is 0. The quantitative estimate of drug-likeness (QED) is 0.669. The van der Waals surface area contributed by atoms with Crippen LogP contribution in [0.4, 0.5) is 8.78 Å². The maximum absolute atomic E-state index is 14.1. The first-order valence-electron chi connectivity index (χ1n) is 6.62. The van der Waals surface area contributed by atoms with Crippen LogP contribution in [0.15, 0.2) is 34.9 Å². The van der Waals surface area contributed by atoms with Crippen LogP contribution in [0.3, 0.4) is 0 Å². The van der Waals surface area contributed by atoms with Gasteiger partial charge >= 0.3 is 0 Å². The fraction of sp³-hybridized carbons (Fsp3) is 0.267. The monoisotopic (exact) mass is 310 g/mol. The molecule has 0 aliphatic carbocycles. The summed E-state index contributed by atoms with van der Waals surface area (Å²) in [5.74, 6) is 0.0506. The molecule has 0 spiro atoms. The molecular formula is C15H13ClF2N2O. The smallest absolute Gasteiger partial charge is 0.184 e. The molecule has 3 aromatic rings. The molecule has 0 atom stereocenters. The van der Waals surface area contributed by atoms with Crippen molar-refractivity contribution in [3.63, 3.8) is 0 Å². The molecule has 0 aliphatic rings. The molecular weight excluding hydrogens is 298 g/mol. The van der Waals surface area contributed by atoms with Crippen LogP contribution in [0.25, 0.3) is 11.0 Å². The van der Waals surface area contributed by atoms with E-state index in [9.17, 15) is 8.78 Å². The third-order valence-corrected chi connectivity index (χ3v) is 3.55. The fourth-order valence-electron chi connectivity index (χ4n) is 2.40. The van der Waals surface area contributed by atoms with Gasteiger partial charge in [-0.15, -0.1) is 11.6 Å². The highest BCUT2D eigenvalue weighted by Gasteiger charge is 2.17. The van der Waals surface area contributed by atoms with Crippen LogP contribution in [-0.4, -0.2) is 15.4 Å². The molecule has 3 nitrogen and oxygen atoms in total. The average molecular weight is 311 g/mol. The summed E-state index contributed by atoms with van der Waals surface area (Å²) in [6.07, 6.45) is 2.65. The van der Waals surface area contributed by atoms with Crippen LogP contribution in [0, 0.1) is 11.6 Å². The second kappa shape index (κ2) is 5.85. The summed E-state index contributed by atoms with van der Waals surface area (Å²) in [5.41, 5.74) is 0.620. The van der Waals surface area contributed by atoms with Crippen LogP contribution >= 0.6 is 11.6 Å². The standard InChI is InChI=1S/C15H13ClF2N2O/c16-7-5-13-19-12-4-3-11(17)14(18)15(12)20(13)8-6-10-2-1-9-21-10/h1-4,9H,5-8H2. The molecule has 2 aromatic heterocycles. The summed E-state index contributed by atoms with van der Waals surface area (Å²) in [6, 6.07) is 6.21. The lowest BCUT2D eigenvalue weighted by molar-refractivity contribution is 0.484. The van der Waals surface area contributed by atoms with Crippen molar-refractivity contribution in [2.75, 3.05) is 5.88 Å². The number of benzene rings is 1. The second-order valence-corrected chi connectivity index (χ2v) is 5.06. The highest BCUT2D eigenvalue weighted by atomic mass is 35.5. The topological polar surface area (TPSA) is 31.0 Å². The number of halogens is 3. The Kier molecular flexibility index (Phi) is 3.92. The lowest BCUT2D eigenvalue weighted by Gasteiger charge is -2.08. The zero-order valence-electron chi connectivity index (χ0n) is 11.2. The maximum atomic E-state index is 14.1. The zero-order valence-corrected chi connectivity index (χ0v) is 11.9. The van der Waals surface area contributed by atoms with Crippen LogP contribution in [0.1, 0.15) is 11.6 Å². The van der Waals surface area contributed by atoms with Crippen molar-refractivity contribution in [2.45, 2.75) is 19.4 Å². The van der Waals surface area contributed by atoms with E-state index >= 15 is 0 Å². The highest BCUT2D eigenvalue weighted by molar-refractivity contribution is 6.17. The highest BCUT2D eigenvalue weighted by Crippen LogP contribution is 2.23. The van der Waals surface area contributed by atoms with Crippen LogP contribution in [0.2, 0.25) is 0 Å². The Bertz CT molecular complexity index is 753. The van der Waals surface area contributed by atoms with Crippen molar-refractivity contribution in [2.24, 2.45) is 0 Å².